The van der Waals surface area contributed by atoms with Crippen molar-refractivity contribution >= 4 is 0 Å². The van der Waals surface area contributed by atoms with Crippen molar-refractivity contribution in [2.45, 2.75) is 13.2 Å². The fourth-order valence-corrected chi connectivity index (χ4v) is 1.73. The van der Waals surface area contributed by atoms with E-state index < -0.39 is 5.82 Å². The van der Waals surface area contributed by atoms with E-state index in [2.05, 4.69) is 0 Å². The quantitative estimate of drug-likeness (QED) is 0.836. The number of nitriles is 1. The van der Waals surface area contributed by atoms with Gasteiger partial charge in [-0.25, -0.2) is 4.39 Å². The van der Waals surface area contributed by atoms with E-state index in [-0.39, 0.29) is 6.61 Å². The Balaban J connectivity index is 1.91. The van der Waals surface area contributed by atoms with Gasteiger partial charge in [-0.15, -0.1) is 0 Å². The van der Waals surface area contributed by atoms with Crippen molar-refractivity contribution in [3.8, 4) is 11.8 Å². The first kappa shape index (κ1) is 14.0. The molecule has 0 fully saturated rings. The zero-order valence-electron chi connectivity index (χ0n) is 11.1. The second-order valence-electron chi connectivity index (χ2n) is 4.26. The van der Waals surface area contributed by atoms with Crippen molar-refractivity contribution in [1.82, 2.24) is 0 Å². The molecule has 4 heteroatoms. The molecule has 20 heavy (non-hydrogen) atoms. The highest BCUT2D eigenvalue weighted by atomic mass is 19.1. The minimum absolute atomic E-state index is 0.170. The smallest absolute Gasteiger partial charge is 0.130 e. The second kappa shape index (κ2) is 6.69. The normalized spacial score (nSPS) is 10.1. The van der Waals surface area contributed by atoms with E-state index in [1.54, 1.807) is 19.2 Å². The summed E-state index contributed by atoms with van der Waals surface area (Å²) in [7, 11) is 1.61. The monoisotopic (exact) mass is 271 g/mol. The van der Waals surface area contributed by atoms with Gasteiger partial charge in [-0.3, -0.25) is 0 Å². The lowest BCUT2D eigenvalue weighted by atomic mass is 10.1. The molecule has 0 aliphatic rings. The van der Waals surface area contributed by atoms with Crippen LogP contribution in [0, 0.1) is 17.1 Å². The van der Waals surface area contributed by atoms with Gasteiger partial charge in [-0.1, -0.05) is 18.2 Å². The lowest BCUT2D eigenvalue weighted by Crippen LogP contribution is -1.97. The Labute approximate surface area is 117 Å². The predicted octanol–water partition coefficient (Wildman–Crippen LogP) is 3.42. The number of benzene rings is 2. The van der Waals surface area contributed by atoms with Gasteiger partial charge >= 0.3 is 0 Å². The highest BCUT2D eigenvalue weighted by molar-refractivity contribution is 5.32. The van der Waals surface area contributed by atoms with E-state index in [1.807, 2.05) is 30.3 Å². The Kier molecular flexibility index (Phi) is 4.70. The van der Waals surface area contributed by atoms with Crippen molar-refractivity contribution in [2.24, 2.45) is 0 Å². The van der Waals surface area contributed by atoms with E-state index in [4.69, 9.17) is 14.7 Å². The highest BCUT2D eigenvalue weighted by Crippen LogP contribution is 2.14. The molecule has 0 radical (unpaired) electrons. The summed E-state index contributed by atoms with van der Waals surface area (Å²) in [6.07, 6.45) is 0. The maximum Gasteiger partial charge on any atom is 0.130 e. The molecule has 0 spiro atoms. The zero-order chi connectivity index (χ0) is 14.4. The van der Waals surface area contributed by atoms with Gasteiger partial charge in [-0.2, -0.15) is 5.26 Å². The molecule has 2 aromatic rings. The summed E-state index contributed by atoms with van der Waals surface area (Å²) in [6, 6.07) is 13.7. The van der Waals surface area contributed by atoms with Crippen molar-refractivity contribution < 1.29 is 13.9 Å². The molecule has 0 aromatic heterocycles. The van der Waals surface area contributed by atoms with Crippen LogP contribution in [0.25, 0.3) is 0 Å². The SMILES string of the molecule is COc1ccc(COCc2ccc(C#N)cc2F)cc1. The predicted molar refractivity (Wildman–Crippen MR) is 72.6 cm³/mol. The Morgan fingerprint density at radius 2 is 1.85 bits per heavy atom. The van der Waals surface area contributed by atoms with Gasteiger partial charge < -0.3 is 9.47 Å². The number of ether oxygens (including phenoxy) is 2. The average Bonchev–Trinajstić information content (AvgIpc) is 2.49. The molecule has 0 unspecified atom stereocenters. The third kappa shape index (κ3) is 3.56. The van der Waals surface area contributed by atoms with Crippen molar-refractivity contribution in [1.29, 1.82) is 5.26 Å². The Morgan fingerprint density at radius 1 is 1.10 bits per heavy atom. The summed E-state index contributed by atoms with van der Waals surface area (Å²) in [5, 5.41) is 8.66. The average molecular weight is 271 g/mol. The summed E-state index contributed by atoms with van der Waals surface area (Å²) in [4.78, 5) is 0. The topological polar surface area (TPSA) is 42.2 Å². The molecule has 0 aliphatic heterocycles. The fourth-order valence-electron chi connectivity index (χ4n) is 1.73. The molecule has 3 nitrogen and oxygen atoms in total. The van der Waals surface area contributed by atoms with Crippen LogP contribution in [0.5, 0.6) is 5.75 Å². The third-order valence-electron chi connectivity index (χ3n) is 2.87. The van der Waals surface area contributed by atoms with Crippen LogP contribution >= 0.6 is 0 Å². The largest absolute Gasteiger partial charge is 0.497 e. The van der Waals surface area contributed by atoms with Crippen LogP contribution in [0.15, 0.2) is 42.5 Å². The Bertz CT molecular complexity index is 617. The molecule has 0 N–H and O–H groups in total. The number of halogens is 1. The van der Waals surface area contributed by atoms with Crippen molar-refractivity contribution in [2.75, 3.05) is 7.11 Å². The summed E-state index contributed by atoms with van der Waals surface area (Å²) in [5.41, 5.74) is 1.73. The number of nitrogens with zero attached hydrogens (tertiary/aromatic N) is 1. The van der Waals surface area contributed by atoms with Crippen LogP contribution in [0.4, 0.5) is 4.39 Å². The summed E-state index contributed by atoms with van der Waals surface area (Å²) in [6.45, 7) is 0.563. The highest BCUT2D eigenvalue weighted by Gasteiger charge is 2.04. The molecule has 0 saturated carbocycles. The first-order chi connectivity index (χ1) is 9.72. The molecule has 0 bridgehead atoms. The summed E-state index contributed by atoms with van der Waals surface area (Å²) >= 11 is 0. The van der Waals surface area contributed by atoms with Crippen LogP contribution in [0.1, 0.15) is 16.7 Å². The molecule has 0 amide bonds. The fraction of sp³-hybridized carbons (Fsp3) is 0.188. The van der Waals surface area contributed by atoms with Gasteiger partial charge in [-0.05, 0) is 29.8 Å². The molecule has 0 atom stereocenters. The van der Waals surface area contributed by atoms with E-state index in [9.17, 15) is 4.39 Å². The Morgan fingerprint density at radius 3 is 2.45 bits per heavy atom. The Hall–Kier alpha value is -2.38. The van der Waals surface area contributed by atoms with Gasteiger partial charge in [0.1, 0.15) is 11.6 Å². The molecule has 102 valence electrons. The lowest BCUT2D eigenvalue weighted by Gasteiger charge is -2.07. The van der Waals surface area contributed by atoms with E-state index in [1.165, 1.54) is 6.07 Å². The van der Waals surface area contributed by atoms with Crippen LogP contribution in [0.3, 0.4) is 0 Å². The minimum Gasteiger partial charge on any atom is -0.497 e. The summed E-state index contributed by atoms with van der Waals surface area (Å²) in [5.74, 6) is 0.366. The minimum atomic E-state index is -0.418. The molecule has 0 aliphatic carbocycles. The van der Waals surface area contributed by atoms with Crippen LogP contribution in [-0.2, 0) is 18.0 Å². The van der Waals surface area contributed by atoms with Crippen molar-refractivity contribution in [3.63, 3.8) is 0 Å². The zero-order valence-corrected chi connectivity index (χ0v) is 11.1. The molecule has 2 rings (SSSR count). The maximum atomic E-state index is 13.6. The van der Waals surface area contributed by atoms with Crippen LogP contribution in [-0.4, -0.2) is 7.11 Å². The number of hydrogen-bond donors (Lipinski definition) is 0. The number of hydrogen-bond acceptors (Lipinski definition) is 3. The maximum absolute atomic E-state index is 13.6. The standard InChI is InChI=1S/C16H14FNO2/c1-19-15-6-3-12(4-7-15)10-20-11-14-5-2-13(9-18)8-16(14)17/h2-8H,10-11H2,1H3. The molecule has 0 saturated heterocycles. The van der Waals surface area contributed by atoms with E-state index in [0.29, 0.717) is 17.7 Å². The van der Waals surface area contributed by atoms with E-state index in [0.717, 1.165) is 11.3 Å². The molecule has 2 aromatic carbocycles. The van der Waals surface area contributed by atoms with E-state index >= 15 is 0 Å². The van der Waals surface area contributed by atoms with Gasteiger partial charge in [0.25, 0.3) is 0 Å². The second-order valence-corrected chi connectivity index (χ2v) is 4.26. The third-order valence-corrected chi connectivity index (χ3v) is 2.87. The first-order valence-corrected chi connectivity index (χ1v) is 6.12. The lowest BCUT2D eigenvalue weighted by molar-refractivity contribution is 0.105. The van der Waals surface area contributed by atoms with Crippen LogP contribution < -0.4 is 4.74 Å². The molecular formula is C16H14FNO2. The van der Waals surface area contributed by atoms with Gasteiger partial charge in [0, 0.05) is 5.56 Å². The molecule has 0 heterocycles. The van der Waals surface area contributed by atoms with Gasteiger partial charge in [0.2, 0.25) is 0 Å². The van der Waals surface area contributed by atoms with Gasteiger partial charge in [0.05, 0.1) is 32.0 Å². The van der Waals surface area contributed by atoms with Crippen LogP contribution in [0.2, 0.25) is 0 Å². The summed E-state index contributed by atoms with van der Waals surface area (Å²) < 4.78 is 24.1. The first-order valence-electron chi connectivity index (χ1n) is 6.12. The number of methoxy groups -OCH3 is 1. The molecular weight excluding hydrogens is 257 g/mol. The van der Waals surface area contributed by atoms with Gasteiger partial charge in [0.15, 0.2) is 0 Å². The number of rotatable bonds is 5. The van der Waals surface area contributed by atoms with Crippen molar-refractivity contribution in [3.05, 3.63) is 65.0 Å².